The van der Waals surface area contributed by atoms with Gasteiger partial charge >= 0.3 is 0 Å². The van der Waals surface area contributed by atoms with Gasteiger partial charge in [-0.25, -0.2) is 0 Å². The van der Waals surface area contributed by atoms with Gasteiger partial charge in [-0.15, -0.1) is 0 Å². The van der Waals surface area contributed by atoms with Crippen LogP contribution in [0.3, 0.4) is 0 Å². The molecule has 0 aromatic heterocycles. The Morgan fingerprint density at radius 2 is 1.52 bits per heavy atom. The number of imide groups is 1. The summed E-state index contributed by atoms with van der Waals surface area (Å²) in [5, 5.41) is 10.7. The summed E-state index contributed by atoms with van der Waals surface area (Å²) < 4.78 is 0. The molecule has 2 bridgehead atoms. The molecule has 0 spiro atoms. The summed E-state index contributed by atoms with van der Waals surface area (Å²) in [6, 6.07) is 5.63. The lowest BCUT2D eigenvalue weighted by Gasteiger charge is -2.19. The summed E-state index contributed by atoms with van der Waals surface area (Å²) in [5.41, 5.74) is 0.405. The van der Waals surface area contributed by atoms with Crippen molar-refractivity contribution >= 4 is 23.2 Å². The van der Waals surface area contributed by atoms with Crippen LogP contribution < -0.4 is 4.90 Å². The van der Waals surface area contributed by atoms with E-state index in [2.05, 4.69) is 0 Å². The summed E-state index contributed by atoms with van der Waals surface area (Å²) >= 11 is 0. The molecule has 2 amide bonds. The molecule has 4 rings (SSSR count). The Morgan fingerprint density at radius 1 is 1.00 bits per heavy atom. The zero-order valence-electron chi connectivity index (χ0n) is 11.3. The maximum atomic E-state index is 12.6. The average Bonchev–Trinajstić information content (AvgIpc) is 3.13. The average molecular weight is 286 g/mol. The van der Waals surface area contributed by atoms with Gasteiger partial charge in [-0.05, 0) is 43.2 Å². The monoisotopic (exact) mass is 286 g/mol. The molecular weight excluding hydrogens is 272 g/mol. The molecule has 6 nitrogen and oxygen atoms in total. The molecule has 0 N–H and O–H groups in total. The number of carbonyl (C=O) groups is 2. The van der Waals surface area contributed by atoms with E-state index in [0.717, 1.165) is 19.3 Å². The van der Waals surface area contributed by atoms with Crippen molar-refractivity contribution in [2.75, 3.05) is 4.90 Å². The van der Waals surface area contributed by atoms with Gasteiger partial charge < -0.3 is 0 Å². The number of benzene rings is 1. The number of nitro benzene ring substituents is 1. The Hall–Kier alpha value is -2.24. The molecule has 4 atom stereocenters. The van der Waals surface area contributed by atoms with E-state index in [9.17, 15) is 19.7 Å². The van der Waals surface area contributed by atoms with Crippen LogP contribution in [0.2, 0.25) is 0 Å². The second kappa shape index (κ2) is 4.13. The Morgan fingerprint density at radius 3 is 2.00 bits per heavy atom. The molecule has 108 valence electrons. The number of fused-ring (bicyclic) bond motifs is 5. The zero-order valence-corrected chi connectivity index (χ0v) is 11.3. The lowest BCUT2D eigenvalue weighted by molar-refractivity contribution is -0.384. The molecule has 1 heterocycles. The van der Waals surface area contributed by atoms with Crippen molar-refractivity contribution in [2.45, 2.75) is 19.3 Å². The third kappa shape index (κ3) is 1.58. The summed E-state index contributed by atoms with van der Waals surface area (Å²) in [4.78, 5) is 36.6. The van der Waals surface area contributed by atoms with Crippen molar-refractivity contribution in [3.8, 4) is 0 Å². The first kappa shape index (κ1) is 12.5. The number of carbonyl (C=O) groups excluding carboxylic acids is 2. The highest BCUT2D eigenvalue weighted by molar-refractivity contribution is 6.22. The normalized spacial score (nSPS) is 33.6. The molecule has 2 saturated carbocycles. The predicted molar refractivity (Wildman–Crippen MR) is 73.4 cm³/mol. The summed E-state index contributed by atoms with van der Waals surface area (Å²) in [6.07, 6.45) is 3.08. The maximum absolute atomic E-state index is 12.6. The largest absolute Gasteiger partial charge is 0.274 e. The van der Waals surface area contributed by atoms with Crippen molar-refractivity contribution in [3.63, 3.8) is 0 Å². The maximum Gasteiger partial charge on any atom is 0.269 e. The highest BCUT2D eigenvalue weighted by Gasteiger charge is 2.61. The van der Waals surface area contributed by atoms with Gasteiger partial charge in [0, 0.05) is 12.1 Å². The molecule has 1 saturated heterocycles. The van der Waals surface area contributed by atoms with Gasteiger partial charge in [-0.3, -0.25) is 24.6 Å². The Bertz CT molecular complexity index is 626. The molecular formula is C15H14N2O4. The number of non-ortho nitro benzene ring substituents is 1. The third-order valence-electron chi connectivity index (χ3n) is 5.25. The number of nitrogens with zero attached hydrogens (tertiary/aromatic N) is 2. The van der Waals surface area contributed by atoms with E-state index in [1.165, 1.54) is 29.2 Å². The molecule has 0 radical (unpaired) electrons. The van der Waals surface area contributed by atoms with Gasteiger partial charge in [-0.1, -0.05) is 0 Å². The van der Waals surface area contributed by atoms with Crippen molar-refractivity contribution in [2.24, 2.45) is 23.7 Å². The molecule has 6 heteroatoms. The first-order valence-corrected chi connectivity index (χ1v) is 7.20. The van der Waals surface area contributed by atoms with Crippen LogP contribution in [0.15, 0.2) is 24.3 Å². The van der Waals surface area contributed by atoms with E-state index in [0.29, 0.717) is 17.5 Å². The predicted octanol–water partition coefficient (Wildman–Crippen LogP) is 2.13. The fourth-order valence-electron chi connectivity index (χ4n) is 4.39. The standard InChI is InChI=1S/C15H14N2O4/c18-14-12-8-1-2-9(7-8)13(12)15(19)16(14)10-3-5-11(6-4-10)17(20)21/h3-6,8-9,12-13H,1-2,7H2/t8-,9+,12-,13-/m0/s1. The van der Waals surface area contributed by atoms with Crippen LogP contribution >= 0.6 is 0 Å². The first-order chi connectivity index (χ1) is 10.1. The van der Waals surface area contributed by atoms with Gasteiger partial charge in [0.05, 0.1) is 22.4 Å². The number of anilines is 1. The summed E-state index contributed by atoms with van der Waals surface area (Å²) in [5.74, 6) is 0.133. The van der Waals surface area contributed by atoms with Gasteiger partial charge in [0.25, 0.3) is 5.69 Å². The minimum absolute atomic E-state index is 0.0434. The number of rotatable bonds is 2. The Kier molecular flexibility index (Phi) is 2.46. The van der Waals surface area contributed by atoms with Crippen LogP contribution in [-0.4, -0.2) is 16.7 Å². The fourth-order valence-corrected chi connectivity index (χ4v) is 4.39. The van der Waals surface area contributed by atoms with Crippen LogP contribution in [0.1, 0.15) is 19.3 Å². The van der Waals surface area contributed by atoms with Gasteiger partial charge in [0.15, 0.2) is 0 Å². The van der Waals surface area contributed by atoms with E-state index in [4.69, 9.17) is 0 Å². The van der Waals surface area contributed by atoms with Gasteiger partial charge in [0.2, 0.25) is 11.8 Å². The molecule has 2 aliphatic carbocycles. The number of hydrogen-bond acceptors (Lipinski definition) is 4. The Labute approximate surface area is 120 Å². The van der Waals surface area contributed by atoms with Crippen LogP contribution in [0, 0.1) is 33.8 Å². The quantitative estimate of drug-likeness (QED) is 0.474. The summed E-state index contributed by atoms with van der Waals surface area (Å²) in [7, 11) is 0. The Balaban J connectivity index is 1.68. The van der Waals surface area contributed by atoms with E-state index in [1.807, 2.05) is 0 Å². The SMILES string of the molecule is O=C1[C@H]2[C@@H]3CC[C@@H](C3)[C@@H]2C(=O)N1c1ccc([N+](=O)[O-])cc1. The lowest BCUT2D eigenvalue weighted by atomic mass is 9.81. The molecule has 1 aliphatic heterocycles. The van der Waals surface area contributed by atoms with Crippen molar-refractivity contribution in [1.29, 1.82) is 0 Å². The highest BCUT2D eigenvalue weighted by atomic mass is 16.6. The highest BCUT2D eigenvalue weighted by Crippen LogP contribution is 2.56. The fraction of sp³-hybridized carbons (Fsp3) is 0.467. The van der Waals surface area contributed by atoms with Crippen molar-refractivity contribution in [1.82, 2.24) is 0 Å². The van der Waals surface area contributed by atoms with Crippen LogP contribution in [0.4, 0.5) is 11.4 Å². The van der Waals surface area contributed by atoms with Crippen molar-refractivity contribution < 1.29 is 14.5 Å². The molecule has 0 unspecified atom stereocenters. The molecule has 3 aliphatic rings. The lowest BCUT2D eigenvalue weighted by Crippen LogP contribution is -2.32. The second-order valence-corrected chi connectivity index (χ2v) is 6.17. The zero-order chi connectivity index (χ0) is 14.7. The first-order valence-electron chi connectivity index (χ1n) is 7.20. The van der Waals surface area contributed by atoms with E-state index < -0.39 is 4.92 Å². The molecule has 1 aromatic carbocycles. The van der Waals surface area contributed by atoms with Gasteiger partial charge in [0.1, 0.15) is 0 Å². The van der Waals surface area contributed by atoms with Crippen LogP contribution in [-0.2, 0) is 9.59 Å². The van der Waals surface area contributed by atoms with E-state index in [-0.39, 0.29) is 29.3 Å². The van der Waals surface area contributed by atoms with Crippen LogP contribution in [0.25, 0.3) is 0 Å². The van der Waals surface area contributed by atoms with E-state index in [1.54, 1.807) is 0 Å². The number of hydrogen-bond donors (Lipinski definition) is 0. The minimum Gasteiger partial charge on any atom is -0.274 e. The number of nitro groups is 1. The molecule has 21 heavy (non-hydrogen) atoms. The smallest absolute Gasteiger partial charge is 0.269 e. The van der Waals surface area contributed by atoms with Gasteiger partial charge in [-0.2, -0.15) is 0 Å². The molecule has 1 aromatic rings. The third-order valence-corrected chi connectivity index (χ3v) is 5.25. The second-order valence-electron chi connectivity index (χ2n) is 6.17. The summed E-state index contributed by atoms with van der Waals surface area (Å²) in [6.45, 7) is 0. The molecule has 3 fully saturated rings. The minimum atomic E-state index is -0.494. The van der Waals surface area contributed by atoms with E-state index >= 15 is 0 Å². The van der Waals surface area contributed by atoms with Crippen LogP contribution in [0.5, 0.6) is 0 Å². The number of amides is 2. The topological polar surface area (TPSA) is 80.5 Å². The van der Waals surface area contributed by atoms with Crippen molar-refractivity contribution in [3.05, 3.63) is 34.4 Å².